The SMILES string of the molecule is C[C@]12C[C@H](c3ccc(C#Cc4cccc(C(=O)O)c4)cc3)C3=C4CCC(=O)C=C4CC[C@H]3[C@@H]1CC[C@@]2(O)C(F)(F)C(F)(F)F. The minimum Gasteiger partial charge on any atom is -0.478 e. The Labute approximate surface area is 251 Å². The molecule has 0 radical (unpaired) electrons. The number of rotatable bonds is 3. The van der Waals surface area contributed by atoms with E-state index in [2.05, 4.69) is 11.8 Å². The highest BCUT2D eigenvalue weighted by Gasteiger charge is 2.79. The molecule has 2 aromatic carbocycles. The maximum Gasteiger partial charge on any atom is 0.456 e. The Bertz CT molecular complexity index is 1660. The highest BCUT2D eigenvalue weighted by Crippen LogP contribution is 2.70. The van der Waals surface area contributed by atoms with E-state index in [1.54, 1.807) is 42.5 Å². The second kappa shape index (κ2) is 10.4. The maximum atomic E-state index is 15.2. The zero-order valence-electron chi connectivity index (χ0n) is 24.0. The third-order valence-corrected chi connectivity index (χ3v) is 10.5. The molecule has 4 nitrogen and oxygen atoms in total. The van der Waals surface area contributed by atoms with Crippen LogP contribution in [0.4, 0.5) is 22.0 Å². The minimum atomic E-state index is -5.90. The van der Waals surface area contributed by atoms with E-state index in [9.17, 15) is 33.0 Å². The standard InChI is InChI=1S/C35H31F5O4/c1-32-19-28(22-9-7-20(8-10-22)5-6-21-3-2-4-24(17-21)31(42)43)30-26-14-12-25(41)18-23(26)11-13-27(30)29(32)15-16-33(32,44)34(36,37)35(38,39)40/h2-4,7-10,17-18,27-29,44H,11-16,19H2,1H3,(H,42,43)/t27-,28+,29-,32-,33-/m0/s1. The first kappa shape index (κ1) is 30.3. The van der Waals surface area contributed by atoms with Crippen molar-refractivity contribution in [3.63, 3.8) is 0 Å². The summed E-state index contributed by atoms with van der Waals surface area (Å²) < 4.78 is 71.6. The number of allylic oxidation sites excluding steroid dienone is 4. The van der Waals surface area contributed by atoms with Gasteiger partial charge >= 0.3 is 18.1 Å². The van der Waals surface area contributed by atoms with Gasteiger partial charge < -0.3 is 10.2 Å². The lowest BCUT2D eigenvalue weighted by molar-refractivity contribution is -0.362. The largest absolute Gasteiger partial charge is 0.478 e. The molecule has 0 bridgehead atoms. The van der Waals surface area contributed by atoms with Crippen molar-refractivity contribution in [1.82, 2.24) is 0 Å². The lowest BCUT2D eigenvalue weighted by Crippen LogP contribution is -2.65. The van der Waals surface area contributed by atoms with E-state index in [4.69, 9.17) is 0 Å². The lowest BCUT2D eigenvalue weighted by atomic mass is 9.50. The number of ketones is 1. The second-order valence-corrected chi connectivity index (χ2v) is 12.7. The molecule has 0 aliphatic heterocycles. The van der Waals surface area contributed by atoms with Gasteiger partial charge in [0.1, 0.15) is 5.60 Å². The van der Waals surface area contributed by atoms with Crippen LogP contribution < -0.4 is 0 Å². The monoisotopic (exact) mass is 610 g/mol. The summed E-state index contributed by atoms with van der Waals surface area (Å²) in [7, 11) is 0. The Hall–Kier alpha value is -3.77. The summed E-state index contributed by atoms with van der Waals surface area (Å²) in [6, 6.07) is 13.3. The smallest absolute Gasteiger partial charge is 0.456 e. The maximum absolute atomic E-state index is 15.2. The summed E-state index contributed by atoms with van der Waals surface area (Å²) in [5.74, 6) is -1.79. The first-order valence-corrected chi connectivity index (χ1v) is 14.8. The van der Waals surface area contributed by atoms with Gasteiger partial charge in [-0.2, -0.15) is 22.0 Å². The molecule has 230 valence electrons. The number of carbonyl (C=O) groups excluding carboxylic acids is 1. The van der Waals surface area contributed by atoms with Crippen LogP contribution in [0.25, 0.3) is 0 Å². The summed E-state index contributed by atoms with van der Waals surface area (Å²) in [6.07, 6.45) is -3.06. The molecule has 5 atom stereocenters. The molecule has 4 aliphatic carbocycles. The predicted molar refractivity (Wildman–Crippen MR) is 152 cm³/mol. The second-order valence-electron chi connectivity index (χ2n) is 12.7. The molecular weight excluding hydrogens is 579 g/mol. The normalized spacial score (nSPS) is 30.0. The van der Waals surface area contributed by atoms with E-state index in [1.807, 2.05) is 0 Å². The van der Waals surface area contributed by atoms with E-state index in [0.717, 1.165) is 22.3 Å². The zero-order chi connectivity index (χ0) is 31.7. The fourth-order valence-corrected chi connectivity index (χ4v) is 8.39. The van der Waals surface area contributed by atoms with Crippen LogP contribution in [0.5, 0.6) is 0 Å². The van der Waals surface area contributed by atoms with Crippen LogP contribution in [0.2, 0.25) is 0 Å². The molecule has 2 saturated carbocycles. The van der Waals surface area contributed by atoms with Crippen LogP contribution in [0.3, 0.4) is 0 Å². The van der Waals surface area contributed by atoms with Gasteiger partial charge in [0.2, 0.25) is 0 Å². The van der Waals surface area contributed by atoms with E-state index in [-0.39, 0.29) is 30.1 Å². The predicted octanol–water partition coefficient (Wildman–Crippen LogP) is 7.61. The van der Waals surface area contributed by atoms with Crippen LogP contribution in [0.1, 0.15) is 84.8 Å². The summed E-state index contributed by atoms with van der Waals surface area (Å²) in [5.41, 5.74) is -0.106. The molecule has 6 rings (SSSR count). The molecule has 0 spiro atoms. The number of carbonyl (C=O) groups is 2. The molecule has 4 aliphatic rings. The number of carboxylic acid groups (broad SMARTS) is 1. The number of aromatic carboxylic acids is 1. The summed E-state index contributed by atoms with van der Waals surface area (Å²) in [4.78, 5) is 23.5. The molecule has 2 fully saturated rings. The molecule has 2 aromatic rings. The number of benzene rings is 2. The third kappa shape index (κ3) is 4.61. The van der Waals surface area contributed by atoms with Gasteiger partial charge in [0, 0.05) is 28.9 Å². The van der Waals surface area contributed by atoms with Gasteiger partial charge in [-0.1, -0.05) is 42.5 Å². The molecule has 0 unspecified atom stereocenters. The molecular formula is C35H31F5O4. The van der Waals surface area contributed by atoms with Crippen LogP contribution in [0.15, 0.2) is 71.3 Å². The first-order valence-electron chi connectivity index (χ1n) is 14.8. The van der Waals surface area contributed by atoms with Crippen molar-refractivity contribution >= 4 is 11.8 Å². The Morgan fingerprint density at radius 3 is 2.34 bits per heavy atom. The van der Waals surface area contributed by atoms with Gasteiger partial charge in [0.15, 0.2) is 5.78 Å². The average Bonchev–Trinajstić information content (AvgIpc) is 3.26. The highest BCUT2D eigenvalue weighted by atomic mass is 19.4. The number of fused-ring (bicyclic) bond motifs is 4. The average molecular weight is 611 g/mol. The number of hydrogen-bond donors (Lipinski definition) is 2. The number of hydrogen-bond acceptors (Lipinski definition) is 3. The van der Waals surface area contributed by atoms with Gasteiger partial charge in [0.25, 0.3) is 0 Å². The van der Waals surface area contributed by atoms with Crippen molar-refractivity contribution < 1.29 is 41.8 Å². The fraction of sp³-hybridized carbons (Fsp3) is 0.429. The van der Waals surface area contributed by atoms with E-state index < -0.39 is 47.3 Å². The van der Waals surface area contributed by atoms with Crippen molar-refractivity contribution in [3.8, 4) is 11.8 Å². The first-order chi connectivity index (χ1) is 20.7. The molecule has 0 saturated heterocycles. The van der Waals surface area contributed by atoms with Gasteiger partial charge in [-0.25, -0.2) is 4.79 Å². The van der Waals surface area contributed by atoms with Crippen molar-refractivity contribution in [2.45, 2.75) is 75.5 Å². The van der Waals surface area contributed by atoms with E-state index in [0.29, 0.717) is 36.8 Å². The van der Waals surface area contributed by atoms with Gasteiger partial charge in [0.05, 0.1) is 5.56 Å². The topological polar surface area (TPSA) is 74.6 Å². The molecule has 44 heavy (non-hydrogen) atoms. The number of carboxylic acids is 1. The molecule has 0 aromatic heterocycles. The van der Waals surface area contributed by atoms with Crippen LogP contribution >= 0.6 is 0 Å². The highest BCUT2D eigenvalue weighted by molar-refractivity contribution is 5.93. The molecule has 0 heterocycles. The van der Waals surface area contributed by atoms with Crippen molar-refractivity contribution in [2.75, 3.05) is 0 Å². The Balaban J connectivity index is 1.42. The van der Waals surface area contributed by atoms with E-state index in [1.165, 1.54) is 19.1 Å². The zero-order valence-corrected chi connectivity index (χ0v) is 24.0. The molecule has 0 amide bonds. The van der Waals surface area contributed by atoms with Gasteiger partial charge in [-0.3, -0.25) is 4.79 Å². The number of alkyl halides is 5. The van der Waals surface area contributed by atoms with Crippen molar-refractivity contribution in [2.24, 2.45) is 17.3 Å². The van der Waals surface area contributed by atoms with E-state index >= 15 is 8.78 Å². The lowest BCUT2D eigenvalue weighted by Gasteiger charge is -2.56. The molecule has 9 heteroatoms. The van der Waals surface area contributed by atoms with Crippen LogP contribution in [-0.4, -0.2) is 39.7 Å². The Kier molecular flexibility index (Phi) is 7.16. The van der Waals surface area contributed by atoms with Crippen molar-refractivity contribution in [1.29, 1.82) is 0 Å². The van der Waals surface area contributed by atoms with Crippen LogP contribution in [-0.2, 0) is 4.79 Å². The quantitative estimate of drug-likeness (QED) is 0.277. The minimum absolute atomic E-state index is 0.0249. The van der Waals surface area contributed by atoms with Gasteiger partial charge in [-0.15, -0.1) is 0 Å². The summed E-state index contributed by atoms with van der Waals surface area (Å²) >= 11 is 0. The number of halogens is 5. The summed E-state index contributed by atoms with van der Waals surface area (Å²) in [6.45, 7) is 1.40. The summed E-state index contributed by atoms with van der Waals surface area (Å²) in [5, 5.41) is 20.6. The molecule has 2 N–H and O–H groups in total. The van der Waals surface area contributed by atoms with Crippen LogP contribution in [0, 0.1) is 29.1 Å². The Morgan fingerprint density at radius 1 is 0.955 bits per heavy atom. The number of aliphatic hydroxyl groups is 1. The fourth-order valence-electron chi connectivity index (χ4n) is 8.39. The van der Waals surface area contributed by atoms with Gasteiger partial charge in [-0.05, 0) is 103 Å². The van der Waals surface area contributed by atoms with Crippen molar-refractivity contribution in [3.05, 3.63) is 93.6 Å². The third-order valence-electron chi connectivity index (χ3n) is 10.5. The Morgan fingerprint density at radius 2 is 1.66 bits per heavy atom.